The van der Waals surface area contributed by atoms with Crippen molar-refractivity contribution in [3.63, 3.8) is 0 Å². The molecule has 2 N–H and O–H groups in total. The molecule has 0 aliphatic heterocycles. The minimum absolute atomic E-state index is 1.74. The Bertz CT molecular complexity index is 116. The fourth-order valence-corrected chi connectivity index (χ4v) is 0.0825. The number of hydrogen-bond acceptors (Lipinski definition) is 4. The summed E-state index contributed by atoms with van der Waals surface area (Å²) in [6.45, 7) is 0. The van der Waals surface area contributed by atoms with E-state index in [0.717, 1.165) is 0 Å². The normalized spacial score (nSPS) is 14.2. The molecular formula is C2H2F2N2O2. The summed E-state index contributed by atoms with van der Waals surface area (Å²) in [7, 11) is 0. The van der Waals surface area contributed by atoms with Gasteiger partial charge in [-0.3, -0.25) is 0 Å². The average molecular weight is 124 g/mol. The van der Waals surface area contributed by atoms with Crippen molar-refractivity contribution in [2.24, 2.45) is 10.3 Å². The lowest BCUT2D eigenvalue weighted by atomic mass is 10.7. The van der Waals surface area contributed by atoms with Gasteiger partial charge in [0, 0.05) is 0 Å². The number of oxime groups is 2. The van der Waals surface area contributed by atoms with Gasteiger partial charge in [-0.15, -0.1) is 0 Å². The van der Waals surface area contributed by atoms with Gasteiger partial charge in [0.2, 0.25) is 0 Å². The molecule has 0 atom stereocenters. The van der Waals surface area contributed by atoms with E-state index in [2.05, 4.69) is 0 Å². The monoisotopic (exact) mass is 124 g/mol. The van der Waals surface area contributed by atoms with Crippen LogP contribution in [0.3, 0.4) is 0 Å². The maximum atomic E-state index is 11.4. The van der Waals surface area contributed by atoms with Crippen molar-refractivity contribution in [3.8, 4) is 0 Å². The lowest BCUT2D eigenvalue weighted by molar-refractivity contribution is 0.303. The molecule has 0 aromatic carbocycles. The molecular weight excluding hydrogens is 122 g/mol. The van der Waals surface area contributed by atoms with Gasteiger partial charge in [0.25, 0.3) is 0 Å². The highest BCUT2D eigenvalue weighted by Crippen LogP contribution is 1.85. The Labute approximate surface area is 42.7 Å². The molecule has 0 fully saturated rings. The van der Waals surface area contributed by atoms with Crippen LogP contribution >= 0.6 is 0 Å². The first kappa shape index (κ1) is 6.80. The Kier molecular flexibility index (Phi) is 2.46. The second-order valence-electron chi connectivity index (χ2n) is 0.782. The van der Waals surface area contributed by atoms with Crippen molar-refractivity contribution in [1.82, 2.24) is 0 Å². The first-order valence-corrected chi connectivity index (χ1v) is 1.48. The van der Waals surface area contributed by atoms with E-state index in [1.54, 1.807) is 10.3 Å². The van der Waals surface area contributed by atoms with E-state index in [-0.39, 0.29) is 0 Å². The summed E-state index contributed by atoms with van der Waals surface area (Å²) in [4.78, 5) is 0. The predicted octanol–water partition coefficient (Wildman–Crippen LogP) is 0.501. The van der Waals surface area contributed by atoms with Crippen LogP contribution in [-0.4, -0.2) is 22.3 Å². The Balaban J connectivity index is 4.04. The molecule has 0 aromatic rings. The van der Waals surface area contributed by atoms with E-state index in [1.165, 1.54) is 0 Å². The lowest BCUT2D eigenvalue weighted by Crippen LogP contribution is -2.00. The van der Waals surface area contributed by atoms with Crippen LogP contribution in [0.4, 0.5) is 8.78 Å². The molecule has 0 saturated heterocycles. The third-order valence-electron chi connectivity index (χ3n) is 0.346. The fourth-order valence-electron chi connectivity index (χ4n) is 0.0825. The van der Waals surface area contributed by atoms with Crippen LogP contribution in [0.5, 0.6) is 0 Å². The second kappa shape index (κ2) is 2.89. The molecule has 0 spiro atoms. The summed E-state index contributed by atoms with van der Waals surface area (Å²) < 4.78 is 22.7. The average Bonchev–Trinajstić information content (AvgIpc) is 1.84. The zero-order valence-corrected chi connectivity index (χ0v) is 3.54. The Hall–Kier alpha value is -1.20. The fraction of sp³-hybridized carbons (Fsp3) is 0. The minimum Gasteiger partial charge on any atom is -0.408 e. The molecule has 46 valence electrons. The molecule has 8 heavy (non-hydrogen) atoms. The van der Waals surface area contributed by atoms with Crippen LogP contribution in [0.25, 0.3) is 0 Å². The molecule has 0 unspecified atom stereocenters. The van der Waals surface area contributed by atoms with Crippen LogP contribution in [0.1, 0.15) is 0 Å². The highest BCUT2D eigenvalue weighted by atomic mass is 19.2. The summed E-state index contributed by atoms with van der Waals surface area (Å²) in [6, 6.07) is 0. The predicted molar refractivity (Wildman–Crippen MR) is 20.7 cm³/mol. The summed E-state index contributed by atoms with van der Waals surface area (Å²) in [5, 5.41) is 18.3. The number of halogens is 2. The number of nitrogens with zero attached hydrogens (tertiary/aromatic N) is 2. The molecule has 0 amide bonds. The largest absolute Gasteiger partial charge is 0.408 e. The quantitative estimate of drug-likeness (QED) is 0.303. The van der Waals surface area contributed by atoms with E-state index >= 15 is 0 Å². The van der Waals surface area contributed by atoms with Crippen molar-refractivity contribution < 1.29 is 19.2 Å². The van der Waals surface area contributed by atoms with E-state index in [0.29, 0.717) is 0 Å². The zero-order valence-electron chi connectivity index (χ0n) is 3.54. The summed E-state index contributed by atoms with van der Waals surface area (Å²) in [5.41, 5.74) is 0. The van der Waals surface area contributed by atoms with Gasteiger partial charge in [0.05, 0.1) is 0 Å². The van der Waals surface area contributed by atoms with Gasteiger partial charge < -0.3 is 10.4 Å². The summed E-state index contributed by atoms with van der Waals surface area (Å²) >= 11 is 0. The van der Waals surface area contributed by atoms with Gasteiger partial charge in [0.1, 0.15) is 0 Å². The van der Waals surface area contributed by atoms with Crippen LogP contribution in [0.15, 0.2) is 10.3 Å². The second-order valence-corrected chi connectivity index (χ2v) is 0.782. The Morgan fingerprint density at radius 1 is 1.00 bits per heavy atom. The molecule has 0 bridgehead atoms. The molecule has 4 nitrogen and oxygen atoms in total. The number of rotatable bonds is 1. The number of hydrogen-bond donors (Lipinski definition) is 2. The lowest BCUT2D eigenvalue weighted by Gasteiger charge is -1.80. The van der Waals surface area contributed by atoms with Gasteiger partial charge in [-0.05, 0) is 0 Å². The van der Waals surface area contributed by atoms with Gasteiger partial charge in [-0.25, -0.2) is 0 Å². The van der Waals surface area contributed by atoms with E-state index in [1.807, 2.05) is 0 Å². The molecule has 0 heterocycles. The molecule has 0 rings (SSSR count). The zero-order chi connectivity index (χ0) is 6.57. The SMILES string of the molecule is O/N=C(F)/C(F)=N/O. The molecule has 0 aromatic heterocycles. The molecule has 6 heteroatoms. The first-order chi connectivity index (χ1) is 3.72. The van der Waals surface area contributed by atoms with Crippen LogP contribution in [-0.2, 0) is 0 Å². The molecule has 0 aliphatic carbocycles. The topological polar surface area (TPSA) is 65.2 Å². The van der Waals surface area contributed by atoms with Gasteiger partial charge in [-0.2, -0.15) is 8.78 Å². The van der Waals surface area contributed by atoms with Crippen molar-refractivity contribution in [2.45, 2.75) is 0 Å². The summed E-state index contributed by atoms with van der Waals surface area (Å²) in [6.07, 6.45) is 0. The van der Waals surface area contributed by atoms with Crippen molar-refractivity contribution in [3.05, 3.63) is 0 Å². The van der Waals surface area contributed by atoms with Gasteiger partial charge in [-0.1, -0.05) is 10.3 Å². The first-order valence-electron chi connectivity index (χ1n) is 1.48. The van der Waals surface area contributed by atoms with Crippen molar-refractivity contribution in [1.29, 1.82) is 0 Å². The van der Waals surface area contributed by atoms with Crippen LogP contribution in [0.2, 0.25) is 0 Å². The van der Waals surface area contributed by atoms with E-state index in [9.17, 15) is 8.78 Å². The van der Waals surface area contributed by atoms with Gasteiger partial charge >= 0.3 is 11.9 Å². The van der Waals surface area contributed by atoms with Crippen LogP contribution in [0, 0.1) is 0 Å². The van der Waals surface area contributed by atoms with E-state index in [4.69, 9.17) is 10.4 Å². The Morgan fingerprint density at radius 3 is 1.38 bits per heavy atom. The van der Waals surface area contributed by atoms with Crippen molar-refractivity contribution in [2.75, 3.05) is 0 Å². The van der Waals surface area contributed by atoms with E-state index < -0.39 is 11.9 Å². The molecule has 0 aliphatic rings. The van der Waals surface area contributed by atoms with Crippen molar-refractivity contribution >= 4 is 11.9 Å². The minimum atomic E-state index is -1.85. The third-order valence-corrected chi connectivity index (χ3v) is 0.346. The highest BCUT2D eigenvalue weighted by molar-refractivity contribution is 6.33. The molecule has 0 radical (unpaired) electrons. The Morgan fingerprint density at radius 2 is 1.25 bits per heavy atom. The third kappa shape index (κ3) is 1.50. The maximum absolute atomic E-state index is 11.4. The smallest absolute Gasteiger partial charge is 0.307 e. The van der Waals surface area contributed by atoms with Crippen LogP contribution < -0.4 is 0 Å². The standard InChI is InChI=1S/C2H2F2N2O2/c3-1(5-7)2(4)6-8/h7-8H/b5-1-,6-2-. The summed E-state index contributed by atoms with van der Waals surface area (Å²) in [5.74, 6) is -3.71. The highest BCUT2D eigenvalue weighted by Gasteiger charge is 2.05. The molecule has 0 saturated carbocycles. The van der Waals surface area contributed by atoms with Gasteiger partial charge in [0.15, 0.2) is 0 Å². The maximum Gasteiger partial charge on any atom is 0.307 e.